The van der Waals surface area contributed by atoms with E-state index in [1.165, 1.54) is 10.9 Å². The number of thiol groups is 1. The molecule has 2 nitrogen and oxygen atoms in total. The molecule has 4 heteroatoms. The van der Waals surface area contributed by atoms with Crippen molar-refractivity contribution in [3.63, 3.8) is 0 Å². The second-order valence-corrected chi connectivity index (χ2v) is 3.63. The molecule has 0 aliphatic carbocycles. The van der Waals surface area contributed by atoms with Crippen molar-refractivity contribution in [3.8, 4) is 0 Å². The highest BCUT2D eigenvalue weighted by Gasteiger charge is 1.86. The standard InChI is InChI=1S/C8H7N.CH3NS2/c1-2-4-8-7(3-1)5-6-9-8;2-1(3)4/h1-6,9H;(H3,2,3,4). The predicted octanol–water partition coefficient (Wildman–Crippen LogP) is 2.33. The zero-order valence-electron chi connectivity index (χ0n) is 6.90. The van der Waals surface area contributed by atoms with Gasteiger partial charge in [0.05, 0.1) is 0 Å². The smallest absolute Gasteiger partial charge is 0.128 e. The molecule has 13 heavy (non-hydrogen) atoms. The lowest BCUT2D eigenvalue weighted by molar-refractivity contribution is 1.48. The molecule has 0 saturated heterocycles. The highest BCUT2D eigenvalue weighted by Crippen LogP contribution is 2.09. The van der Waals surface area contributed by atoms with Crippen LogP contribution in [-0.2, 0) is 0 Å². The fourth-order valence-electron chi connectivity index (χ4n) is 0.995. The van der Waals surface area contributed by atoms with Crippen molar-refractivity contribution in [2.45, 2.75) is 0 Å². The van der Waals surface area contributed by atoms with Gasteiger partial charge in [-0.2, -0.15) is 0 Å². The predicted molar refractivity (Wildman–Crippen MR) is 64.1 cm³/mol. The van der Waals surface area contributed by atoms with Crippen LogP contribution in [0.1, 0.15) is 0 Å². The van der Waals surface area contributed by atoms with Crippen LogP contribution >= 0.6 is 24.8 Å². The first kappa shape index (κ1) is 10.1. The summed E-state index contributed by atoms with van der Waals surface area (Å²) < 4.78 is 0.194. The fourth-order valence-corrected chi connectivity index (χ4v) is 0.995. The van der Waals surface area contributed by atoms with Crippen LogP contribution in [0.2, 0.25) is 0 Å². The maximum atomic E-state index is 4.71. The SMILES string of the molecule is NC(=S)S.c1ccc2[nH]ccc2c1. The lowest BCUT2D eigenvalue weighted by Crippen LogP contribution is -1.94. The Balaban J connectivity index is 0.000000184. The number of hydrogen-bond acceptors (Lipinski definition) is 1. The molecule has 68 valence electrons. The van der Waals surface area contributed by atoms with Gasteiger partial charge < -0.3 is 10.7 Å². The van der Waals surface area contributed by atoms with Crippen molar-refractivity contribution >= 4 is 40.1 Å². The van der Waals surface area contributed by atoms with Gasteiger partial charge in [-0.05, 0) is 17.5 Å². The maximum absolute atomic E-state index is 4.71. The summed E-state index contributed by atoms with van der Waals surface area (Å²) in [5.74, 6) is 0. The van der Waals surface area contributed by atoms with Gasteiger partial charge in [-0.25, -0.2) is 0 Å². The molecule has 1 aromatic heterocycles. The molecule has 2 rings (SSSR count). The Bertz CT molecular complexity index is 361. The molecule has 1 heterocycles. The van der Waals surface area contributed by atoms with Gasteiger partial charge in [0.1, 0.15) is 4.32 Å². The number of H-pyrrole nitrogens is 1. The number of nitrogens with one attached hydrogen (secondary N) is 1. The molecular formula is C9H10N2S2. The van der Waals surface area contributed by atoms with Gasteiger partial charge >= 0.3 is 0 Å². The Morgan fingerprint density at radius 1 is 1.31 bits per heavy atom. The Labute approximate surface area is 87.5 Å². The van der Waals surface area contributed by atoms with E-state index in [1.807, 2.05) is 18.3 Å². The summed E-state index contributed by atoms with van der Waals surface area (Å²) in [6.07, 6.45) is 1.95. The fraction of sp³-hybridized carbons (Fsp3) is 0. The van der Waals surface area contributed by atoms with Crippen LogP contribution in [0, 0.1) is 0 Å². The van der Waals surface area contributed by atoms with Gasteiger partial charge in [0.25, 0.3) is 0 Å². The molecule has 1 aromatic carbocycles. The van der Waals surface area contributed by atoms with Gasteiger partial charge in [-0.3, -0.25) is 0 Å². The van der Waals surface area contributed by atoms with E-state index in [-0.39, 0.29) is 4.32 Å². The van der Waals surface area contributed by atoms with Crippen molar-refractivity contribution in [2.75, 3.05) is 0 Å². The average Bonchev–Trinajstić information content (AvgIpc) is 2.49. The number of aromatic nitrogens is 1. The molecule has 0 radical (unpaired) electrons. The molecule has 2 aromatic rings. The molecule has 0 unspecified atom stereocenters. The summed E-state index contributed by atoms with van der Waals surface area (Å²) in [6, 6.07) is 10.3. The van der Waals surface area contributed by atoms with Crippen molar-refractivity contribution in [2.24, 2.45) is 5.73 Å². The Morgan fingerprint density at radius 3 is 2.54 bits per heavy atom. The molecular weight excluding hydrogens is 200 g/mol. The Kier molecular flexibility index (Phi) is 3.79. The summed E-state index contributed by atoms with van der Waals surface area (Å²) in [5, 5.41) is 1.28. The van der Waals surface area contributed by atoms with Gasteiger partial charge in [-0.1, -0.05) is 30.4 Å². The normalized spacial score (nSPS) is 9.00. The second-order valence-electron chi connectivity index (χ2n) is 2.40. The molecule has 0 amide bonds. The maximum Gasteiger partial charge on any atom is 0.128 e. The largest absolute Gasteiger partial charge is 0.385 e. The number of nitrogens with two attached hydrogens (primary N) is 1. The quantitative estimate of drug-likeness (QED) is 0.461. The van der Waals surface area contributed by atoms with Gasteiger partial charge in [0.2, 0.25) is 0 Å². The van der Waals surface area contributed by atoms with Crippen molar-refractivity contribution in [3.05, 3.63) is 36.5 Å². The van der Waals surface area contributed by atoms with E-state index in [0.717, 1.165) is 0 Å². The van der Waals surface area contributed by atoms with Crippen molar-refractivity contribution < 1.29 is 0 Å². The summed E-state index contributed by atoms with van der Waals surface area (Å²) in [4.78, 5) is 3.12. The number of benzene rings is 1. The van der Waals surface area contributed by atoms with Crippen LogP contribution in [-0.4, -0.2) is 9.30 Å². The van der Waals surface area contributed by atoms with Crippen LogP contribution < -0.4 is 5.73 Å². The first-order valence-electron chi connectivity index (χ1n) is 3.70. The monoisotopic (exact) mass is 210 g/mol. The van der Waals surface area contributed by atoms with Gasteiger partial charge in [-0.15, -0.1) is 12.6 Å². The van der Waals surface area contributed by atoms with Crippen LogP contribution in [0.25, 0.3) is 10.9 Å². The lowest BCUT2D eigenvalue weighted by Gasteiger charge is -1.83. The molecule has 0 bridgehead atoms. The summed E-state index contributed by atoms with van der Waals surface area (Å²) >= 11 is 7.65. The number of thiocarbonyl (C=S) groups is 1. The molecule has 0 saturated carbocycles. The minimum atomic E-state index is 0.194. The molecule has 0 aliphatic rings. The van der Waals surface area contributed by atoms with Crippen molar-refractivity contribution in [1.82, 2.24) is 4.98 Å². The molecule has 0 aliphatic heterocycles. The van der Waals surface area contributed by atoms with Gasteiger partial charge in [0.15, 0.2) is 0 Å². The third kappa shape index (κ3) is 3.48. The highest BCUT2D eigenvalue weighted by molar-refractivity contribution is 8.10. The number of para-hydroxylation sites is 1. The van der Waals surface area contributed by atoms with Crippen LogP contribution in [0.3, 0.4) is 0 Å². The summed E-state index contributed by atoms with van der Waals surface area (Å²) in [6.45, 7) is 0. The number of aromatic amines is 1. The zero-order valence-corrected chi connectivity index (χ0v) is 8.61. The Morgan fingerprint density at radius 2 is 1.92 bits per heavy atom. The first-order chi connectivity index (χ1) is 6.20. The van der Waals surface area contributed by atoms with Gasteiger partial charge in [0, 0.05) is 11.7 Å². The van der Waals surface area contributed by atoms with E-state index in [4.69, 9.17) is 5.73 Å². The molecule has 0 atom stereocenters. The first-order valence-corrected chi connectivity index (χ1v) is 4.56. The number of fused-ring (bicyclic) bond motifs is 1. The number of rotatable bonds is 0. The zero-order chi connectivity index (χ0) is 9.68. The number of hydrogen-bond donors (Lipinski definition) is 3. The Hall–Kier alpha value is -1.00. The minimum Gasteiger partial charge on any atom is -0.385 e. The van der Waals surface area contributed by atoms with E-state index in [2.05, 4.69) is 48.0 Å². The van der Waals surface area contributed by atoms with Crippen LogP contribution in [0.5, 0.6) is 0 Å². The highest BCUT2D eigenvalue weighted by atomic mass is 32.1. The minimum absolute atomic E-state index is 0.194. The van der Waals surface area contributed by atoms with E-state index in [9.17, 15) is 0 Å². The van der Waals surface area contributed by atoms with Crippen molar-refractivity contribution in [1.29, 1.82) is 0 Å². The lowest BCUT2D eigenvalue weighted by atomic mass is 10.3. The molecule has 0 fully saturated rings. The summed E-state index contributed by atoms with van der Waals surface area (Å²) in [5.41, 5.74) is 5.91. The molecule has 3 N–H and O–H groups in total. The van der Waals surface area contributed by atoms with E-state index in [1.54, 1.807) is 0 Å². The third-order valence-corrected chi connectivity index (χ3v) is 1.46. The molecule has 0 spiro atoms. The van der Waals surface area contributed by atoms with E-state index in [0.29, 0.717) is 0 Å². The second kappa shape index (κ2) is 4.89. The average molecular weight is 210 g/mol. The summed E-state index contributed by atoms with van der Waals surface area (Å²) in [7, 11) is 0. The van der Waals surface area contributed by atoms with E-state index < -0.39 is 0 Å². The topological polar surface area (TPSA) is 41.8 Å². The van der Waals surface area contributed by atoms with Crippen LogP contribution in [0.15, 0.2) is 36.5 Å². The van der Waals surface area contributed by atoms with E-state index >= 15 is 0 Å². The van der Waals surface area contributed by atoms with Crippen LogP contribution in [0.4, 0.5) is 0 Å². The third-order valence-electron chi connectivity index (χ3n) is 1.46.